The van der Waals surface area contributed by atoms with Gasteiger partial charge in [-0.15, -0.1) is 5.10 Å². The number of carbonyl (C=O) groups excluding carboxylic acids is 1. The van der Waals surface area contributed by atoms with E-state index in [4.69, 9.17) is 11.6 Å². The van der Waals surface area contributed by atoms with Crippen LogP contribution in [0.15, 0.2) is 60.0 Å². The Morgan fingerprint density at radius 3 is 2.58 bits per heavy atom. The zero-order chi connectivity index (χ0) is 16.9. The van der Waals surface area contributed by atoms with E-state index in [-0.39, 0.29) is 5.91 Å². The van der Waals surface area contributed by atoms with Gasteiger partial charge < -0.3 is 0 Å². The summed E-state index contributed by atoms with van der Waals surface area (Å²) in [5.41, 5.74) is 5.25. The summed E-state index contributed by atoms with van der Waals surface area (Å²) in [6.07, 6.45) is 1.51. The van der Waals surface area contributed by atoms with Gasteiger partial charge >= 0.3 is 0 Å². The van der Waals surface area contributed by atoms with Gasteiger partial charge in [0, 0.05) is 0 Å². The molecule has 0 saturated carbocycles. The Bertz CT molecular complexity index is 874. The van der Waals surface area contributed by atoms with Crippen LogP contribution in [0.3, 0.4) is 0 Å². The molecule has 0 aliphatic heterocycles. The summed E-state index contributed by atoms with van der Waals surface area (Å²) in [5, 5.41) is 15.5. The summed E-state index contributed by atoms with van der Waals surface area (Å²) in [6.45, 7) is 1.80. The van der Waals surface area contributed by atoms with Crippen molar-refractivity contribution in [3.8, 4) is 5.69 Å². The first kappa shape index (κ1) is 15.8. The van der Waals surface area contributed by atoms with Gasteiger partial charge in [0.15, 0.2) is 0 Å². The second-order valence-electron chi connectivity index (χ2n) is 4.92. The van der Waals surface area contributed by atoms with Crippen molar-refractivity contribution < 1.29 is 4.79 Å². The minimum Gasteiger partial charge on any atom is -0.267 e. The van der Waals surface area contributed by atoms with Gasteiger partial charge in [0.2, 0.25) is 0 Å². The molecular weight excluding hydrogens is 328 g/mol. The van der Waals surface area contributed by atoms with Crippen molar-refractivity contribution in [3.63, 3.8) is 0 Å². The van der Waals surface area contributed by atoms with Crippen molar-refractivity contribution in [1.82, 2.24) is 25.6 Å². The monoisotopic (exact) mass is 340 g/mol. The number of hydrogen-bond donors (Lipinski definition) is 1. The Balaban J connectivity index is 1.72. The van der Waals surface area contributed by atoms with Gasteiger partial charge in [-0.25, -0.2) is 10.1 Å². The predicted octanol–water partition coefficient (Wildman–Crippen LogP) is 2.47. The van der Waals surface area contributed by atoms with E-state index >= 15 is 0 Å². The van der Waals surface area contributed by atoms with E-state index in [9.17, 15) is 4.79 Å². The third-order valence-corrected chi connectivity index (χ3v) is 3.67. The SMILES string of the molecule is C/C(=N\NC(=O)c1ccccc1Cl)c1ccc(-n2cnnn2)cc1. The number of rotatable bonds is 4. The number of nitrogens with zero attached hydrogens (tertiary/aromatic N) is 5. The summed E-state index contributed by atoms with van der Waals surface area (Å²) in [6, 6.07) is 14.3. The Hall–Kier alpha value is -3.06. The molecule has 1 heterocycles. The Morgan fingerprint density at radius 2 is 1.92 bits per heavy atom. The lowest BCUT2D eigenvalue weighted by Gasteiger charge is -2.05. The van der Waals surface area contributed by atoms with E-state index in [2.05, 4.69) is 26.1 Å². The second-order valence-corrected chi connectivity index (χ2v) is 5.33. The maximum absolute atomic E-state index is 12.1. The first-order valence-corrected chi connectivity index (χ1v) is 7.46. The second kappa shape index (κ2) is 7.01. The van der Waals surface area contributed by atoms with Crippen molar-refractivity contribution in [2.45, 2.75) is 6.92 Å². The molecule has 24 heavy (non-hydrogen) atoms. The maximum atomic E-state index is 12.1. The fourth-order valence-electron chi connectivity index (χ4n) is 2.04. The zero-order valence-electron chi connectivity index (χ0n) is 12.7. The van der Waals surface area contributed by atoms with E-state index in [1.807, 2.05) is 24.3 Å². The quantitative estimate of drug-likeness (QED) is 0.584. The van der Waals surface area contributed by atoms with Gasteiger partial charge in [0.25, 0.3) is 5.91 Å². The molecule has 0 bridgehead atoms. The number of benzene rings is 2. The predicted molar refractivity (Wildman–Crippen MR) is 90.3 cm³/mol. The van der Waals surface area contributed by atoms with Crippen LogP contribution in [0.25, 0.3) is 5.69 Å². The number of amides is 1. The van der Waals surface area contributed by atoms with Crippen LogP contribution in [0, 0.1) is 0 Å². The van der Waals surface area contributed by atoms with Crippen LogP contribution in [-0.4, -0.2) is 31.8 Å². The van der Waals surface area contributed by atoms with Crippen LogP contribution >= 0.6 is 11.6 Å². The van der Waals surface area contributed by atoms with Crippen LogP contribution in [-0.2, 0) is 0 Å². The van der Waals surface area contributed by atoms with E-state index in [1.54, 1.807) is 35.9 Å². The average molecular weight is 341 g/mol. The molecule has 0 unspecified atom stereocenters. The average Bonchev–Trinajstić information content (AvgIpc) is 3.14. The van der Waals surface area contributed by atoms with E-state index in [1.165, 1.54) is 6.33 Å². The molecule has 7 nitrogen and oxygen atoms in total. The largest absolute Gasteiger partial charge is 0.272 e. The molecule has 1 amide bonds. The zero-order valence-corrected chi connectivity index (χ0v) is 13.5. The summed E-state index contributed by atoms with van der Waals surface area (Å²) < 4.78 is 1.55. The van der Waals surface area contributed by atoms with Crippen LogP contribution in [0.4, 0.5) is 0 Å². The standard InChI is InChI=1S/C16H13ClN6O/c1-11(19-20-16(24)14-4-2-3-5-15(14)17)12-6-8-13(9-7-12)23-10-18-21-22-23/h2-10H,1H3,(H,20,24)/b19-11+. The number of carbonyl (C=O) groups is 1. The van der Waals surface area contributed by atoms with Gasteiger partial charge in [0.1, 0.15) is 6.33 Å². The van der Waals surface area contributed by atoms with Gasteiger partial charge in [-0.05, 0) is 47.2 Å². The molecule has 0 saturated heterocycles. The number of tetrazole rings is 1. The lowest BCUT2D eigenvalue weighted by Crippen LogP contribution is -2.19. The van der Waals surface area contributed by atoms with Crippen molar-refractivity contribution in [1.29, 1.82) is 0 Å². The first-order chi connectivity index (χ1) is 11.6. The smallest absolute Gasteiger partial charge is 0.267 e. The normalized spacial score (nSPS) is 11.3. The molecule has 0 aliphatic rings. The van der Waals surface area contributed by atoms with Crippen molar-refractivity contribution >= 4 is 23.2 Å². The molecule has 1 N–H and O–H groups in total. The fourth-order valence-corrected chi connectivity index (χ4v) is 2.26. The molecule has 0 fully saturated rings. The lowest BCUT2D eigenvalue weighted by molar-refractivity contribution is 0.0955. The van der Waals surface area contributed by atoms with Crippen molar-refractivity contribution in [2.75, 3.05) is 0 Å². The number of hydrazone groups is 1. The Morgan fingerprint density at radius 1 is 1.17 bits per heavy atom. The minimum absolute atomic E-state index is 0.356. The molecule has 3 rings (SSSR count). The molecule has 0 radical (unpaired) electrons. The van der Waals surface area contributed by atoms with Crippen LogP contribution < -0.4 is 5.43 Å². The number of nitrogens with one attached hydrogen (secondary N) is 1. The number of halogens is 1. The topological polar surface area (TPSA) is 85.1 Å². The molecule has 0 aliphatic carbocycles. The number of aromatic nitrogens is 4. The van der Waals surface area contributed by atoms with Gasteiger partial charge in [-0.1, -0.05) is 35.9 Å². The summed E-state index contributed by atoms with van der Waals surface area (Å²) in [7, 11) is 0. The van der Waals surface area contributed by atoms with Crippen LogP contribution in [0.5, 0.6) is 0 Å². The van der Waals surface area contributed by atoms with Crippen LogP contribution in [0.2, 0.25) is 5.02 Å². The van der Waals surface area contributed by atoms with Gasteiger partial charge in [-0.3, -0.25) is 4.79 Å². The minimum atomic E-state index is -0.356. The summed E-state index contributed by atoms with van der Waals surface area (Å²) in [5.74, 6) is -0.356. The first-order valence-electron chi connectivity index (χ1n) is 7.08. The van der Waals surface area contributed by atoms with Crippen LogP contribution in [0.1, 0.15) is 22.8 Å². The molecule has 0 atom stereocenters. The van der Waals surface area contributed by atoms with Gasteiger partial charge in [-0.2, -0.15) is 5.10 Å². The highest BCUT2D eigenvalue weighted by atomic mass is 35.5. The third-order valence-electron chi connectivity index (χ3n) is 3.34. The van der Waals surface area contributed by atoms with E-state index in [0.29, 0.717) is 16.3 Å². The van der Waals surface area contributed by atoms with Gasteiger partial charge in [0.05, 0.1) is 22.0 Å². The molecule has 8 heteroatoms. The Labute approximate surface area is 143 Å². The molecular formula is C16H13ClN6O. The molecule has 120 valence electrons. The fraction of sp³-hybridized carbons (Fsp3) is 0.0625. The highest BCUT2D eigenvalue weighted by Gasteiger charge is 2.08. The molecule has 3 aromatic rings. The highest BCUT2D eigenvalue weighted by molar-refractivity contribution is 6.33. The van der Waals surface area contributed by atoms with E-state index in [0.717, 1.165) is 11.3 Å². The molecule has 1 aromatic heterocycles. The maximum Gasteiger partial charge on any atom is 0.272 e. The van der Waals surface area contributed by atoms with Crippen molar-refractivity contribution in [2.24, 2.45) is 5.10 Å². The van der Waals surface area contributed by atoms with E-state index < -0.39 is 0 Å². The summed E-state index contributed by atoms with van der Waals surface area (Å²) in [4.78, 5) is 12.1. The number of hydrogen-bond acceptors (Lipinski definition) is 5. The summed E-state index contributed by atoms with van der Waals surface area (Å²) >= 11 is 5.99. The highest BCUT2D eigenvalue weighted by Crippen LogP contribution is 2.14. The molecule has 2 aromatic carbocycles. The van der Waals surface area contributed by atoms with Crippen molar-refractivity contribution in [3.05, 3.63) is 71.0 Å². The Kier molecular flexibility index (Phi) is 4.62. The lowest BCUT2D eigenvalue weighted by atomic mass is 10.1. The molecule has 0 spiro atoms. The third kappa shape index (κ3) is 3.47.